The predicted molar refractivity (Wildman–Crippen MR) is 37.4 cm³/mol. The van der Waals surface area contributed by atoms with Crippen LogP contribution in [-0.4, -0.2) is 12.1 Å². The number of hydrogen-bond donors (Lipinski definition) is 0. The van der Waals surface area contributed by atoms with Crippen molar-refractivity contribution in [2.24, 2.45) is 0 Å². The molecule has 0 atom stereocenters. The molecule has 4 nitrogen and oxygen atoms in total. The zero-order chi connectivity index (χ0) is 9.98. The fourth-order valence-electron chi connectivity index (χ4n) is 0.555. The normalized spacial score (nSPS) is 8.00. The van der Waals surface area contributed by atoms with Crippen molar-refractivity contribution >= 4 is 12.1 Å². The van der Waals surface area contributed by atoms with E-state index in [0.29, 0.717) is 12.8 Å². The van der Waals surface area contributed by atoms with E-state index < -0.39 is 5.97 Å². The van der Waals surface area contributed by atoms with Gasteiger partial charge in [0, 0.05) is 0 Å². The molecule has 0 aromatic heterocycles. The third-order valence-corrected chi connectivity index (χ3v) is 0.990. The average Bonchev–Trinajstić information content (AvgIpc) is 2.01. The largest absolute Gasteiger partial charge is 1.00 e. The number of allylic oxidation sites excluding steroid dienone is 1. The molecule has 14 heavy (non-hydrogen) atoms. The van der Waals surface area contributed by atoms with Gasteiger partial charge in [-0.05, 0) is 0 Å². The molecule has 0 aliphatic heterocycles. The van der Waals surface area contributed by atoms with Gasteiger partial charge in [0.1, 0.15) is 0 Å². The summed E-state index contributed by atoms with van der Waals surface area (Å²) >= 11 is 0. The Labute approximate surface area is 128 Å². The topological polar surface area (TPSA) is 74.3 Å². The van der Waals surface area contributed by atoms with Gasteiger partial charge in [0.2, 0.25) is 0 Å². The molecule has 0 aliphatic carbocycles. The van der Waals surface area contributed by atoms with E-state index in [9.17, 15) is 9.90 Å². The summed E-state index contributed by atoms with van der Waals surface area (Å²) in [6.45, 7) is 3.62. The van der Waals surface area contributed by atoms with Crippen LogP contribution in [0.3, 0.4) is 0 Å². The Bertz CT molecular complexity index is 196. The number of aliphatic carboxylic acids is 1. The molecule has 0 radical (unpaired) electrons. The van der Waals surface area contributed by atoms with E-state index in [0.717, 1.165) is 0 Å². The van der Waals surface area contributed by atoms with Crippen LogP contribution in [0, 0.1) is 6.08 Å². The Balaban J connectivity index is -0.0000000891. The van der Waals surface area contributed by atoms with Crippen LogP contribution in [0.5, 0.6) is 0 Å². The number of carboxylic acid groups (broad SMARTS) is 1. The van der Waals surface area contributed by atoms with Gasteiger partial charge in [-0.3, -0.25) is 6.08 Å². The van der Waals surface area contributed by atoms with Crippen molar-refractivity contribution < 1.29 is 78.6 Å². The molecule has 0 heterocycles. The summed E-state index contributed by atoms with van der Waals surface area (Å²) in [6, 6.07) is 0. The van der Waals surface area contributed by atoms with Crippen molar-refractivity contribution in [2.75, 3.05) is 0 Å². The molecular formula is C8H10Na2O4. The summed E-state index contributed by atoms with van der Waals surface area (Å²) in [6.07, 6.45) is 4.07. The molecule has 0 bridgehead atoms. The Morgan fingerprint density at radius 1 is 1.29 bits per heavy atom. The molecule has 0 aromatic rings. The first-order valence-corrected chi connectivity index (χ1v) is 3.44. The van der Waals surface area contributed by atoms with Gasteiger partial charge >= 0.3 is 65.3 Å². The third-order valence-electron chi connectivity index (χ3n) is 0.990. The Kier molecular flexibility index (Phi) is 33.0. The second kappa shape index (κ2) is 19.2. The molecule has 6 heteroatoms. The first-order valence-electron chi connectivity index (χ1n) is 3.44. The Morgan fingerprint density at radius 2 is 1.64 bits per heavy atom. The molecule has 68 valence electrons. The van der Waals surface area contributed by atoms with Crippen LogP contribution >= 0.6 is 0 Å². The summed E-state index contributed by atoms with van der Waals surface area (Å²) in [7, 11) is 0. The van der Waals surface area contributed by atoms with Crippen molar-refractivity contribution in [3.63, 3.8) is 0 Å². The van der Waals surface area contributed by atoms with Crippen LogP contribution in [0.15, 0.2) is 5.57 Å². The van der Waals surface area contributed by atoms with Gasteiger partial charge in [0.25, 0.3) is 0 Å². The zero-order valence-electron chi connectivity index (χ0n) is 9.05. The van der Waals surface area contributed by atoms with Crippen LogP contribution in [0.25, 0.3) is 0 Å². The van der Waals surface area contributed by atoms with Gasteiger partial charge in [-0.15, -0.1) is 12.4 Å². The second-order valence-electron chi connectivity index (χ2n) is 1.73. The van der Waals surface area contributed by atoms with Crippen LogP contribution in [0.2, 0.25) is 0 Å². The summed E-state index contributed by atoms with van der Waals surface area (Å²) < 4.78 is 0. The fourth-order valence-corrected chi connectivity index (χ4v) is 0.555. The first-order chi connectivity index (χ1) is 5.63. The van der Waals surface area contributed by atoms with Crippen molar-refractivity contribution in [1.29, 1.82) is 0 Å². The molecule has 0 N–H and O–H groups in total. The number of carbonyl (C=O) groups is 1. The molecule has 0 aromatic carbocycles. The van der Waals surface area contributed by atoms with E-state index in [1.165, 1.54) is 0 Å². The van der Waals surface area contributed by atoms with Gasteiger partial charge in [-0.25, -0.2) is 5.57 Å². The van der Waals surface area contributed by atoms with Gasteiger partial charge < -0.3 is 9.90 Å². The molecule has 0 amide bonds. The smallest absolute Gasteiger partial charge is 0.658 e. The average molecular weight is 216 g/mol. The van der Waals surface area contributed by atoms with Crippen LogP contribution in [0.1, 0.15) is 26.7 Å². The predicted octanol–water partition coefficient (Wildman–Crippen LogP) is -6.29. The maximum atomic E-state index is 10.1. The standard InChI is InChI=1S/C7H11O2.CO2.2Na/c1-3-5-6(4-2)7(8)9;2-1-3;;/h3-4H2,1-2H3,(H,8,9);;;/q-1;;2*+1/p-1. The van der Waals surface area contributed by atoms with Gasteiger partial charge in [0.05, 0.1) is 0 Å². The Morgan fingerprint density at radius 3 is 1.71 bits per heavy atom. The Hall–Kier alpha value is 0.590. The van der Waals surface area contributed by atoms with Crippen LogP contribution in [-0.2, 0) is 14.4 Å². The molecule has 0 spiro atoms. The van der Waals surface area contributed by atoms with Gasteiger partial charge in [0.15, 0.2) is 0 Å². The van der Waals surface area contributed by atoms with E-state index in [4.69, 9.17) is 9.59 Å². The SMILES string of the molecule is CC[C-]=C(CC)C(=O)[O-].O=C=O.[Na+].[Na+]. The number of carboxylic acids is 1. The molecule has 0 saturated carbocycles. The summed E-state index contributed by atoms with van der Waals surface area (Å²) in [5.74, 6) is -1.10. The number of rotatable bonds is 3. The van der Waals surface area contributed by atoms with Crippen molar-refractivity contribution in [1.82, 2.24) is 0 Å². The molecule has 0 unspecified atom stereocenters. The third kappa shape index (κ3) is 18.4. The molecule has 0 rings (SSSR count). The summed E-state index contributed by atoms with van der Waals surface area (Å²) in [4.78, 5) is 26.4. The maximum Gasteiger partial charge on any atom is 1.00 e. The van der Waals surface area contributed by atoms with Crippen LogP contribution in [0.4, 0.5) is 0 Å². The number of carbonyl (C=O) groups excluding carboxylic acids is 3. The van der Waals surface area contributed by atoms with E-state index in [-0.39, 0.29) is 70.8 Å². The minimum absolute atomic E-state index is 0. The van der Waals surface area contributed by atoms with Crippen molar-refractivity contribution in [3.8, 4) is 0 Å². The molecule has 0 saturated heterocycles. The molecular weight excluding hydrogens is 206 g/mol. The van der Waals surface area contributed by atoms with Gasteiger partial charge in [-0.2, -0.15) is 9.59 Å². The maximum absolute atomic E-state index is 10.1. The molecule has 0 aliphatic rings. The first kappa shape index (κ1) is 24.0. The number of hydrogen-bond acceptors (Lipinski definition) is 4. The second-order valence-corrected chi connectivity index (χ2v) is 1.73. The summed E-state index contributed by atoms with van der Waals surface area (Å²) in [5.41, 5.74) is 0.275. The quantitative estimate of drug-likeness (QED) is 0.267. The van der Waals surface area contributed by atoms with E-state index in [1.807, 2.05) is 6.92 Å². The molecule has 0 fully saturated rings. The monoisotopic (exact) mass is 216 g/mol. The van der Waals surface area contributed by atoms with E-state index in [2.05, 4.69) is 6.08 Å². The minimum Gasteiger partial charge on any atom is -0.658 e. The van der Waals surface area contributed by atoms with Gasteiger partial charge in [-0.1, -0.05) is 20.3 Å². The zero-order valence-corrected chi connectivity index (χ0v) is 13.0. The minimum atomic E-state index is -1.10. The van der Waals surface area contributed by atoms with Crippen molar-refractivity contribution in [3.05, 3.63) is 11.6 Å². The fraction of sp³-hybridized carbons (Fsp3) is 0.500. The van der Waals surface area contributed by atoms with Crippen LogP contribution < -0.4 is 64.2 Å². The van der Waals surface area contributed by atoms with E-state index in [1.54, 1.807) is 6.92 Å². The van der Waals surface area contributed by atoms with Crippen molar-refractivity contribution in [2.45, 2.75) is 26.7 Å². The summed E-state index contributed by atoms with van der Waals surface area (Å²) in [5, 5.41) is 10.1. The van der Waals surface area contributed by atoms with E-state index >= 15 is 0 Å².